The summed E-state index contributed by atoms with van der Waals surface area (Å²) in [5.41, 5.74) is 0.594. The highest BCUT2D eigenvalue weighted by atomic mass is 35.5. The summed E-state index contributed by atoms with van der Waals surface area (Å²) in [6, 6.07) is 7.31. The third-order valence-electron chi connectivity index (χ3n) is 4.79. The molecule has 0 bridgehead atoms. The number of benzene rings is 2. The molecule has 1 aliphatic heterocycles. The van der Waals surface area contributed by atoms with Crippen molar-refractivity contribution in [1.82, 2.24) is 9.36 Å². The summed E-state index contributed by atoms with van der Waals surface area (Å²) < 4.78 is 23.6. The Hall–Kier alpha value is -2.44. The normalized spacial score (nSPS) is 13.4. The number of aromatic hydroxyl groups is 1. The Balaban J connectivity index is 1.83. The van der Waals surface area contributed by atoms with E-state index in [9.17, 15) is 14.3 Å². The van der Waals surface area contributed by atoms with E-state index in [-0.39, 0.29) is 44.1 Å². The number of hydrogen-bond acceptors (Lipinski definition) is 3. The molecule has 0 spiro atoms. The van der Waals surface area contributed by atoms with E-state index in [0.29, 0.717) is 13.1 Å². The first kappa shape index (κ1) is 18.9. The van der Waals surface area contributed by atoms with Crippen molar-refractivity contribution in [3.05, 3.63) is 62.2 Å². The van der Waals surface area contributed by atoms with E-state index in [1.165, 1.54) is 10.7 Å². The average molecular weight is 423 g/mol. The Morgan fingerprint density at radius 3 is 2.46 bits per heavy atom. The summed E-state index contributed by atoms with van der Waals surface area (Å²) in [6.45, 7) is 2.97. The van der Waals surface area contributed by atoms with Gasteiger partial charge in [-0.1, -0.05) is 29.3 Å². The molecular weight excluding hydrogens is 406 g/mol. The van der Waals surface area contributed by atoms with Gasteiger partial charge in [0.2, 0.25) is 0 Å². The van der Waals surface area contributed by atoms with Crippen LogP contribution in [0.3, 0.4) is 0 Å². The largest absolute Gasteiger partial charge is 0.504 e. The summed E-state index contributed by atoms with van der Waals surface area (Å²) in [5.74, 6) is -0.460. The number of fused-ring (bicyclic) bond motifs is 1. The van der Waals surface area contributed by atoms with Gasteiger partial charge >= 0.3 is 0 Å². The number of aryl methyl sites for hydroxylation is 1. The fourth-order valence-corrected chi connectivity index (χ4v) is 3.93. The molecule has 0 fully saturated rings. The van der Waals surface area contributed by atoms with Crippen molar-refractivity contribution in [2.45, 2.75) is 32.9 Å². The molecule has 1 aliphatic rings. The van der Waals surface area contributed by atoms with Gasteiger partial charge in [-0.25, -0.2) is 9.07 Å². The van der Waals surface area contributed by atoms with E-state index >= 15 is 0 Å². The van der Waals surface area contributed by atoms with E-state index < -0.39 is 5.82 Å². The van der Waals surface area contributed by atoms with Crippen molar-refractivity contribution in [3.8, 4) is 28.4 Å². The first-order valence-corrected chi connectivity index (χ1v) is 9.58. The zero-order valence-electron chi connectivity index (χ0n) is 15.0. The fourth-order valence-electron chi connectivity index (χ4n) is 3.38. The lowest BCUT2D eigenvalue weighted by Crippen LogP contribution is -2.27. The molecule has 2 heterocycles. The van der Waals surface area contributed by atoms with Crippen molar-refractivity contribution in [2.24, 2.45) is 0 Å². The van der Waals surface area contributed by atoms with Gasteiger partial charge in [-0.2, -0.15) is 0 Å². The van der Waals surface area contributed by atoms with Gasteiger partial charge in [-0.05, 0) is 49.6 Å². The second-order valence-corrected chi connectivity index (χ2v) is 7.53. The molecular formula is C20H17Cl2FN2O3. The maximum atomic E-state index is 14.7. The summed E-state index contributed by atoms with van der Waals surface area (Å²) in [6.07, 6.45) is 1.77. The van der Waals surface area contributed by atoms with E-state index in [4.69, 9.17) is 27.9 Å². The number of hydrogen-bond donors (Lipinski definition) is 1. The van der Waals surface area contributed by atoms with Gasteiger partial charge in [0.25, 0.3) is 5.56 Å². The van der Waals surface area contributed by atoms with E-state index in [1.807, 2.05) is 6.92 Å². The standard InChI is InChI=1S/C20H17Cl2FN2O3/c1-11-4-5-16(15(26)8-11)28-17-9-12(14(23)10-13(17)21)18-19(22)24-6-2-3-7-25(24)20(18)27/h4-5,8-10,26H,2-3,6-7H2,1H3. The molecule has 1 N–H and O–H groups in total. The SMILES string of the molecule is Cc1ccc(Oc2cc(-c3c(Cl)n4n(c3=O)CCCC4)c(F)cc2Cl)c(O)c1. The first-order valence-electron chi connectivity index (χ1n) is 8.83. The molecule has 3 aromatic rings. The fraction of sp³-hybridized carbons (Fsp3) is 0.250. The van der Waals surface area contributed by atoms with Crippen molar-refractivity contribution in [3.63, 3.8) is 0 Å². The van der Waals surface area contributed by atoms with E-state index in [0.717, 1.165) is 24.5 Å². The van der Waals surface area contributed by atoms with Crippen molar-refractivity contribution in [1.29, 1.82) is 0 Å². The van der Waals surface area contributed by atoms with Crippen LogP contribution in [0.4, 0.5) is 4.39 Å². The molecule has 0 saturated carbocycles. The molecule has 1 aromatic heterocycles. The number of halogens is 3. The minimum atomic E-state index is -0.673. The molecule has 4 rings (SSSR count). The quantitative estimate of drug-likeness (QED) is 0.617. The van der Waals surface area contributed by atoms with Crippen LogP contribution < -0.4 is 10.3 Å². The Morgan fingerprint density at radius 2 is 1.79 bits per heavy atom. The summed E-state index contributed by atoms with van der Waals surface area (Å²) in [5, 5.41) is 10.3. The highest BCUT2D eigenvalue weighted by Gasteiger charge is 2.25. The number of phenols is 1. The molecule has 0 aliphatic carbocycles. The number of nitrogens with zero attached hydrogens (tertiary/aromatic N) is 2. The van der Waals surface area contributed by atoms with Gasteiger partial charge in [0.05, 0.1) is 10.6 Å². The number of ether oxygens (including phenoxy) is 1. The van der Waals surface area contributed by atoms with Crippen LogP contribution in [0, 0.1) is 12.7 Å². The van der Waals surface area contributed by atoms with Gasteiger partial charge in [0, 0.05) is 18.7 Å². The molecule has 0 radical (unpaired) electrons. The molecule has 0 unspecified atom stereocenters. The summed E-state index contributed by atoms with van der Waals surface area (Å²) in [4.78, 5) is 12.8. The Kier molecular flexibility index (Phi) is 4.85. The minimum absolute atomic E-state index is 0.00963. The van der Waals surface area contributed by atoms with Crippen LogP contribution in [0.15, 0.2) is 35.1 Å². The topological polar surface area (TPSA) is 56.4 Å². The van der Waals surface area contributed by atoms with Gasteiger partial charge in [0.1, 0.15) is 16.7 Å². The van der Waals surface area contributed by atoms with Gasteiger partial charge in [-0.3, -0.25) is 9.48 Å². The monoisotopic (exact) mass is 422 g/mol. The van der Waals surface area contributed by atoms with Crippen molar-refractivity contribution in [2.75, 3.05) is 0 Å². The third kappa shape index (κ3) is 3.16. The van der Waals surface area contributed by atoms with Crippen LogP contribution in [0.5, 0.6) is 17.2 Å². The first-order chi connectivity index (χ1) is 13.4. The van der Waals surface area contributed by atoms with Crippen molar-refractivity contribution < 1.29 is 14.2 Å². The molecule has 0 atom stereocenters. The van der Waals surface area contributed by atoms with Crippen LogP contribution in [0.2, 0.25) is 10.2 Å². The number of aromatic nitrogens is 2. The second-order valence-electron chi connectivity index (χ2n) is 6.76. The molecule has 0 amide bonds. The predicted molar refractivity (Wildman–Crippen MR) is 106 cm³/mol. The van der Waals surface area contributed by atoms with Crippen molar-refractivity contribution >= 4 is 23.2 Å². The Labute approximate surface area is 170 Å². The predicted octanol–water partition coefficient (Wildman–Crippen LogP) is 5.36. The Bertz CT molecular complexity index is 1140. The molecule has 146 valence electrons. The number of rotatable bonds is 3. The van der Waals surface area contributed by atoms with Gasteiger partial charge < -0.3 is 9.84 Å². The second kappa shape index (κ2) is 7.18. The Morgan fingerprint density at radius 1 is 1.07 bits per heavy atom. The van der Waals surface area contributed by atoms with Crippen LogP contribution in [-0.2, 0) is 13.1 Å². The molecule has 0 saturated heterocycles. The summed E-state index contributed by atoms with van der Waals surface area (Å²) >= 11 is 12.5. The molecule has 28 heavy (non-hydrogen) atoms. The zero-order valence-corrected chi connectivity index (χ0v) is 16.5. The van der Waals surface area contributed by atoms with Crippen LogP contribution >= 0.6 is 23.2 Å². The third-order valence-corrected chi connectivity index (χ3v) is 5.47. The molecule has 2 aromatic carbocycles. The smallest absolute Gasteiger partial charge is 0.276 e. The van der Waals surface area contributed by atoms with Gasteiger partial charge in [0.15, 0.2) is 11.5 Å². The van der Waals surface area contributed by atoms with E-state index in [1.54, 1.807) is 22.9 Å². The molecule has 5 nitrogen and oxygen atoms in total. The lowest BCUT2D eigenvalue weighted by atomic mass is 10.1. The van der Waals surface area contributed by atoms with Gasteiger partial charge in [-0.15, -0.1) is 0 Å². The van der Waals surface area contributed by atoms with Crippen LogP contribution in [0.25, 0.3) is 11.1 Å². The maximum absolute atomic E-state index is 14.7. The number of phenolic OH excluding ortho intramolecular Hbond substituents is 1. The molecule has 8 heteroatoms. The van der Waals surface area contributed by atoms with Crippen LogP contribution in [-0.4, -0.2) is 14.5 Å². The lowest BCUT2D eigenvalue weighted by molar-refractivity contribution is 0.356. The maximum Gasteiger partial charge on any atom is 0.276 e. The highest BCUT2D eigenvalue weighted by molar-refractivity contribution is 6.33. The lowest BCUT2D eigenvalue weighted by Gasteiger charge is -2.17. The average Bonchev–Trinajstić information content (AvgIpc) is 2.91. The van der Waals surface area contributed by atoms with Crippen LogP contribution in [0.1, 0.15) is 18.4 Å². The summed E-state index contributed by atoms with van der Waals surface area (Å²) in [7, 11) is 0. The zero-order chi connectivity index (χ0) is 20.0. The minimum Gasteiger partial charge on any atom is -0.504 e. The van der Waals surface area contributed by atoms with E-state index in [2.05, 4.69) is 0 Å². The highest BCUT2D eigenvalue weighted by Crippen LogP contribution is 2.39.